The van der Waals surface area contributed by atoms with E-state index in [9.17, 15) is 4.79 Å². The van der Waals surface area contributed by atoms with Crippen molar-refractivity contribution in [2.45, 2.75) is 51.3 Å². The van der Waals surface area contributed by atoms with E-state index in [1.54, 1.807) is 0 Å². The minimum Gasteiger partial charge on any atom is -0.463 e. The van der Waals surface area contributed by atoms with Crippen molar-refractivity contribution in [2.75, 3.05) is 6.61 Å². The maximum atomic E-state index is 11.6. The molecule has 0 N–H and O–H groups in total. The summed E-state index contributed by atoms with van der Waals surface area (Å²) < 4.78 is 4.96. The van der Waals surface area contributed by atoms with Crippen LogP contribution in [0.2, 0.25) is 0 Å². The Morgan fingerprint density at radius 2 is 1.88 bits per heavy atom. The van der Waals surface area contributed by atoms with Crippen LogP contribution in [0.4, 0.5) is 0 Å². The Balaban J connectivity index is 1.86. The predicted molar refractivity (Wildman–Crippen MR) is 138 cm³/mol. The standard InChI is InChI=1S/C29H32O2S/c1-6-31-28(30)19-21(2)11-10-12-22(3)23-15-16-26-25(20-23)27(17-18-29(26,4)5)32-24-13-8-7-9-14-24/h7-17,19-20H,6,18H2,1-5H3. The number of hydrogen-bond donors (Lipinski definition) is 0. The molecule has 0 atom stereocenters. The molecule has 0 aromatic heterocycles. The van der Waals surface area contributed by atoms with E-state index in [-0.39, 0.29) is 11.4 Å². The molecule has 0 heterocycles. The molecular weight excluding hydrogens is 412 g/mol. The molecule has 0 aliphatic heterocycles. The monoisotopic (exact) mass is 444 g/mol. The largest absolute Gasteiger partial charge is 0.463 e. The molecule has 166 valence electrons. The molecule has 0 radical (unpaired) electrons. The van der Waals surface area contributed by atoms with Gasteiger partial charge in [-0.15, -0.1) is 0 Å². The Kier molecular flexibility index (Phi) is 7.98. The number of thioether (sulfide) groups is 1. The van der Waals surface area contributed by atoms with Gasteiger partial charge in [0.2, 0.25) is 0 Å². The number of allylic oxidation sites excluding steroid dienone is 6. The SMILES string of the molecule is CCOC(=O)C=C(C)C=CC=C(C)c1ccc2c(c1)C(Sc1ccccc1)=CCC2(C)C. The van der Waals surface area contributed by atoms with E-state index in [0.717, 1.165) is 12.0 Å². The second kappa shape index (κ2) is 10.7. The van der Waals surface area contributed by atoms with Crippen molar-refractivity contribution in [1.29, 1.82) is 0 Å². The average molecular weight is 445 g/mol. The van der Waals surface area contributed by atoms with Gasteiger partial charge in [0, 0.05) is 15.9 Å². The van der Waals surface area contributed by atoms with Crippen LogP contribution in [0.15, 0.2) is 89.4 Å². The van der Waals surface area contributed by atoms with Crippen molar-refractivity contribution in [1.82, 2.24) is 0 Å². The molecule has 0 spiro atoms. The first-order valence-corrected chi connectivity index (χ1v) is 11.9. The average Bonchev–Trinajstić information content (AvgIpc) is 2.76. The fraction of sp³-hybridized carbons (Fsp3) is 0.276. The number of esters is 1. The summed E-state index contributed by atoms with van der Waals surface area (Å²) in [5, 5.41) is 0. The molecule has 0 unspecified atom stereocenters. The second-order valence-electron chi connectivity index (χ2n) is 8.68. The van der Waals surface area contributed by atoms with Gasteiger partial charge >= 0.3 is 5.97 Å². The number of rotatable bonds is 7. The highest BCUT2D eigenvalue weighted by molar-refractivity contribution is 8.08. The maximum absolute atomic E-state index is 11.6. The van der Waals surface area contributed by atoms with Gasteiger partial charge in [0.1, 0.15) is 0 Å². The van der Waals surface area contributed by atoms with Crippen molar-refractivity contribution < 1.29 is 9.53 Å². The normalized spacial score (nSPS) is 16.0. The lowest BCUT2D eigenvalue weighted by Gasteiger charge is -2.32. The van der Waals surface area contributed by atoms with Gasteiger partial charge in [-0.25, -0.2) is 4.79 Å². The lowest BCUT2D eigenvalue weighted by atomic mass is 9.75. The van der Waals surface area contributed by atoms with Crippen LogP contribution in [0.1, 0.15) is 57.7 Å². The molecule has 1 aliphatic rings. The Labute approximate surface area is 196 Å². The van der Waals surface area contributed by atoms with Gasteiger partial charge in [-0.05, 0) is 78.6 Å². The van der Waals surface area contributed by atoms with Crippen molar-refractivity contribution >= 4 is 28.2 Å². The molecule has 0 amide bonds. The molecule has 0 saturated carbocycles. The van der Waals surface area contributed by atoms with E-state index in [4.69, 9.17) is 4.74 Å². The topological polar surface area (TPSA) is 26.3 Å². The molecule has 0 saturated heterocycles. The molecule has 2 aromatic carbocycles. The van der Waals surface area contributed by atoms with Crippen LogP contribution in [0, 0.1) is 0 Å². The number of carbonyl (C=O) groups is 1. The smallest absolute Gasteiger partial charge is 0.330 e. The fourth-order valence-corrected chi connectivity index (χ4v) is 4.71. The third kappa shape index (κ3) is 6.14. The van der Waals surface area contributed by atoms with Gasteiger partial charge in [0.25, 0.3) is 0 Å². The van der Waals surface area contributed by atoms with Crippen LogP contribution in [-0.2, 0) is 14.9 Å². The summed E-state index contributed by atoms with van der Waals surface area (Å²) in [7, 11) is 0. The summed E-state index contributed by atoms with van der Waals surface area (Å²) in [6.07, 6.45) is 10.9. The minimum absolute atomic E-state index is 0.126. The molecule has 2 nitrogen and oxygen atoms in total. The zero-order valence-corrected chi connectivity index (χ0v) is 20.5. The van der Waals surface area contributed by atoms with E-state index in [0.29, 0.717) is 6.61 Å². The highest BCUT2D eigenvalue weighted by atomic mass is 32.2. The van der Waals surface area contributed by atoms with Gasteiger partial charge in [-0.3, -0.25) is 0 Å². The fourth-order valence-electron chi connectivity index (χ4n) is 3.72. The first-order chi connectivity index (χ1) is 15.3. The van der Waals surface area contributed by atoms with Crippen LogP contribution in [0.25, 0.3) is 10.5 Å². The van der Waals surface area contributed by atoms with E-state index < -0.39 is 0 Å². The number of fused-ring (bicyclic) bond motifs is 1. The quantitative estimate of drug-likeness (QED) is 0.246. The van der Waals surface area contributed by atoms with E-state index in [1.807, 2.05) is 37.8 Å². The van der Waals surface area contributed by atoms with E-state index >= 15 is 0 Å². The molecule has 32 heavy (non-hydrogen) atoms. The zero-order chi connectivity index (χ0) is 23.1. The lowest BCUT2D eigenvalue weighted by molar-refractivity contribution is -0.137. The maximum Gasteiger partial charge on any atom is 0.330 e. The van der Waals surface area contributed by atoms with Crippen molar-refractivity contribution in [3.63, 3.8) is 0 Å². The molecule has 1 aliphatic carbocycles. The molecule has 3 rings (SSSR count). The van der Waals surface area contributed by atoms with Crippen LogP contribution in [0.5, 0.6) is 0 Å². The number of hydrogen-bond acceptors (Lipinski definition) is 3. The summed E-state index contributed by atoms with van der Waals surface area (Å²) in [4.78, 5) is 14.1. The summed E-state index contributed by atoms with van der Waals surface area (Å²) in [5.74, 6) is -0.303. The van der Waals surface area contributed by atoms with Gasteiger partial charge in [-0.2, -0.15) is 0 Å². The van der Waals surface area contributed by atoms with Gasteiger partial charge < -0.3 is 4.74 Å². The summed E-state index contributed by atoms with van der Waals surface area (Å²) in [6.45, 7) is 10.8. The Morgan fingerprint density at radius 3 is 2.59 bits per heavy atom. The van der Waals surface area contributed by atoms with Gasteiger partial charge in [-0.1, -0.05) is 80.2 Å². The van der Waals surface area contributed by atoms with E-state index in [2.05, 4.69) is 81.5 Å². The Morgan fingerprint density at radius 1 is 1.12 bits per heavy atom. The first kappa shape index (κ1) is 23.9. The highest BCUT2D eigenvalue weighted by Crippen LogP contribution is 2.46. The van der Waals surface area contributed by atoms with Gasteiger partial charge in [0.05, 0.1) is 6.61 Å². The Hall–Kier alpha value is -2.78. The summed E-state index contributed by atoms with van der Waals surface area (Å²) in [6, 6.07) is 17.4. The molecular formula is C29H32O2S. The first-order valence-electron chi connectivity index (χ1n) is 11.1. The van der Waals surface area contributed by atoms with Crippen LogP contribution < -0.4 is 0 Å². The lowest BCUT2D eigenvalue weighted by Crippen LogP contribution is -2.21. The second-order valence-corrected chi connectivity index (χ2v) is 9.80. The van der Waals surface area contributed by atoms with Crippen LogP contribution in [-0.4, -0.2) is 12.6 Å². The molecule has 3 heteroatoms. The number of benzene rings is 2. The van der Waals surface area contributed by atoms with Crippen LogP contribution in [0.3, 0.4) is 0 Å². The van der Waals surface area contributed by atoms with Crippen molar-refractivity contribution in [3.8, 4) is 0 Å². The van der Waals surface area contributed by atoms with E-state index in [1.165, 1.54) is 38.1 Å². The number of carbonyl (C=O) groups excluding carboxylic acids is 1. The minimum atomic E-state index is -0.303. The molecule has 0 bridgehead atoms. The van der Waals surface area contributed by atoms with Gasteiger partial charge in [0.15, 0.2) is 0 Å². The van der Waals surface area contributed by atoms with Crippen molar-refractivity contribution in [3.05, 3.63) is 101 Å². The molecule has 2 aromatic rings. The summed E-state index contributed by atoms with van der Waals surface area (Å²) >= 11 is 1.84. The zero-order valence-electron chi connectivity index (χ0n) is 19.6. The number of ether oxygens (including phenoxy) is 1. The summed E-state index contributed by atoms with van der Waals surface area (Å²) in [5.41, 5.74) is 6.10. The highest BCUT2D eigenvalue weighted by Gasteiger charge is 2.28. The Bertz CT molecular complexity index is 1090. The third-order valence-corrected chi connectivity index (χ3v) is 6.69. The molecule has 0 fully saturated rings. The predicted octanol–water partition coefficient (Wildman–Crippen LogP) is 7.97. The van der Waals surface area contributed by atoms with Crippen molar-refractivity contribution in [2.24, 2.45) is 0 Å². The van der Waals surface area contributed by atoms with Crippen LogP contribution >= 0.6 is 11.8 Å². The third-order valence-electron chi connectivity index (χ3n) is 5.58.